The lowest BCUT2D eigenvalue weighted by Crippen LogP contribution is -2.00. The van der Waals surface area contributed by atoms with Crippen molar-refractivity contribution in [2.24, 2.45) is 0 Å². The summed E-state index contributed by atoms with van der Waals surface area (Å²) < 4.78 is 27.6. The van der Waals surface area contributed by atoms with E-state index in [2.05, 4.69) is 32.0 Å². The molecule has 0 aromatic heterocycles. The topological polar surface area (TPSA) is 49.4 Å². The number of benzene rings is 2. The fourth-order valence-electron chi connectivity index (χ4n) is 4.46. The molecule has 3 nitrogen and oxygen atoms in total. The van der Waals surface area contributed by atoms with E-state index < -0.39 is 11.4 Å². The highest BCUT2D eigenvalue weighted by molar-refractivity contribution is 7.74. The minimum absolute atomic E-state index is 0.455. The maximum Gasteiger partial charge on any atom is 0.147 e. The van der Waals surface area contributed by atoms with Crippen molar-refractivity contribution >= 4 is 22.1 Å². The quantitative estimate of drug-likeness (QED) is 0.166. The molecular weight excluding hydrogens is 416 g/mol. The van der Waals surface area contributed by atoms with Crippen molar-refractivity contribution in [2.45, 2.75) is 117 Å². The first kappa shape index (κ1) is 26.9. The van der Waals surface area contributed by atoms with Crippen molar-refractivity contribution in [3.63, 3.8) is 0 Å². The van der Waals surface area contributed by atoms with Crippen LogP contribution in [0.4, 0.5) is 0 Å². The first-order valence-corrected chi connectivity index (χ1v) is 14.0. The van der Waals surface area contributed by atoms with E-state index in [9.17, 15) is 8.76 Å². The fraction of sp³-hybridized carbons (Fsp3) is 0.643. The summed E-state index contributed by atoms with van der Waals surface area (Å²) in [5.41, 5.74) is 2.49. The normalized spacial score (nSPS) is 12.3. The first-order chi connectivity index (χ1) is 15.6. The van der Waals surface area contributed by atoms with Crippen LogP contribution in [0, 0.1) is 0 Å². The molecule has 0 saturated heterocycles. The molecule has 2 rings (SSSR count). The van der Waals surface area contributed by atoms with Gasteiger partial charge in [-0.1, -0.05) is 115 Å². The molecule has 0 radical (unpaired) electrons. The van der Waals surface area contributed by atoms with Crippen LogP contribution in [0.15, 0.2) is 30.3 Å². The van der Waals surface area contributed by atoms with Crippen molar-refractivity contribution in [3.05, 3.63) is 41.5 Å². The Bertz CT molecular complexity index is 797. The van der Waals surface area contributed by atoms with Gasteiger partial charge in [0.15, 0.2) is 0 Å². The van der Waals surface area contributed by atoms with Gasteiger partial charge in [0.05, 0.1) is 0 Å². The Labute approximate surface area is 198 Å². The molecule has 0 amide bonds. The third-order valence-corrected chi connectivity index (χ3v) is 6.65. The average Bonchev–Trinajstić information content (AvgIpc) is 2.77. The number of fused-ring (bicyclic) bond motifs is 1. The van der Waals surface area contributed by atoms with Gasteiger partial charge in [-0.05, 0) is 48.3 Å². The van der Waals surface area contributed by atoms with Crippen molar-refractivity contribution in [1.29, 1.82) is 0 Å². The zero-order valence-corrected chi connectivity index (χ0v) is 21.1. The molecule has 0 bridgehead atoms. The highest BCUT2D eigenvalue weighted by atomic mass is 32.2. The Morgan fingerprint density at radius 3 is 1.75 bits per heavy atom. The Morgan fingerprint density at radius 1 is 0.688 bits per heavy atom. The molecule has 2 aromatic carbocycles. The summed E-state index contributed by atoms with van der Waals surface area (Å²) in [7, 11) is 0. The van der Waals surface area contributed by atoms with Gasteiger partial charge < -0.3 is 8.74 Å². The van der Waals surface area contributed by atoms with Crippen LogP contribution < -0.4 is 4.18 Å². The van der Waals surface area contributed by atoms with E-state index in [1.807, 2.05) is 12.1 Å². The highest BCUT2D eigenvalue weighted by Crippen LogP contribution is 2.30. The van der Waals surface area contributed by atoms with Crippen molar-refractivity contribution in [2.75, 3.05) is 0 Å². The standard InChI is InChI=1S/C28H44O3S/c1-3-5-7-9-11-13-15-17-24-19-20-27-26(21-24)22-25(23-28(27)31-32(29)30)18-16-14-12-10-8-6-4-2/h19-23H,3-18H2,1-2H3,(H,29,30)/p-1. The zero-order valence-electron chi connectivity index (χ0n) is 20.3. The molecule has 1 unspecified atom stereocenters. The molecule has 0 N–H and O–H groups in total. The molecular formula is C28H43O3S-. The predicted octanol–water partition coefficient (Wildman–Crippen LogP) is 8.60. The van der Waals surface area contributed by atoms with Gasteiger partial charge in [-0.25, -0.2) is 4.21 Å². The maximum absolute atomic E-state index is 11.2. The molecule has 0 spiro atoms. The lowest BCUT2D eigenvalue weighted by atomic mass is 9.97. The SMILES string of the molecule is CCCCCCCCCc1ccc2c(OS(=O)[O-])cc(CCCCCCCCC)cc2c1. The second kappa shape index (κ2) is 16.3. The van der Waals surface area contributed by atoms with Crippen LogP contribution in [0.25, 0.3) is 10.8 Å². The number of unbranched alkanes of at least 4 members (excludes halogenated alkanes) is 12. The zero-order chi connectivity index (χ0) is 23.0. The number of hydrogen-bond acceptors (Lipinski definition) is 3. The Kier molecular flexibility index (Phi) is 13.6. The van der Waals surface area contributed by atoms with Crippen molar-refractivity contribution < 1.29 is 12.9 Å². The van der Waals surface area contributed by atoms with Crippen LogP contribution in [-0.2, 0) is 24.2 Å². The molecule has 2 aromatic rings. The molecule has 0 aliphatic carbocycles. The Hall–Kier alpha value is -1.39. The lowest BCUT2D eigenvalue weighted by molar-refractivity contribution is 0.442. The summed E-state index contributed by atoms with van der Waals surface area (Å²) in [5, 5.41) is 1.96. The summed E-state index contributed by atoms with van der Waals surface area (Å²) in [5.74, 6) is 0.455. The summed E-state index contributed by atoms with van der Waals surface area (Å²) in [6.07, 6.45) is 20.1. The molecule has 180 valence electrons. The molecule has 0 fully saturated rings. The van der Waals surface area contributed by atoms with Crippen LogP contribution in [0.3, 0.4) is 0 Å². The third-order valence-electron chi connectivity index (χ3n) is 6.33. The van der Waals surface area contributed by atoms with Gasteiger partial charge in [-0.2, -0.15) is 0 Å². The van der Waals surface area contributed by atoms with Crippen LogP contribution in [0.5, 0.6) is 5.75 Å². The van der Waals surface area contributed by atoms with Gasteiger partial charge in [0.2, 0.25) is 0 Å². The van der Waals surface area contributed by atoms with E-state index in [0.717, 1.165) is 30.0 Å². The van der Waals surface area contributed by atoms with Crippen molar-refractivity contribution in [1.82, 2.24) is 0 Å². The summed E-state index contributed by atoms with van der Waals surface area (Å²) >= 11 is -2.56. The molecule has 0 aliphatic heterocycles. The van der Waals surface area contributed by atoms with Gasteiger partial charge in [0.25, 0.3) is 0 Å². The summed E-state index contributed by atoms with van der Waals surface area (Å²) in [6, 6.07) is 10.5. The number of rotatable bonds is 18. The van der Waals surface area contributed by atoms with Gasteiger partial charge in [0, 0.05) is 5.39 Å². The second-order valence-electron chi connectivity index (χ2n) is 9.18. The Morgan fingerprint density at radius 2 is 1.19 bits per heavy atom. The van der Waals surface area contributed by atoms with Gasteiger partial charge in [-0.3, -0.25) is 0 Å². The van der Waals surface area contributed by atoms with E-state index in [1.54, 1.807) is 0 Å². The molecule has 32 heavy (non-hydrogen) atoms. The minimum Gasteiger partial charge on any atom is -0.740 e. The van der Waals surface area contributed by atoms with Crippen LogP contribution in [-0.4, -0.2) is 8.76 Å². The largest absolute Gasteiger partial charge is 0.740 e. The highest BCUT2D eigenvalue weighted by Gasteiger charge is 2.08. The summed E-state index contributed by atoms with van der Waals surface area (Å²) in [6.45, 7) is 4.50. The van der Waals surface area contributed by atoms with E-state index in [1.165, 1.54) is 94.6 Å². The first-order valence-electron chi connectivity index (χ1n) is 13.0. The van der Waals surface area contributed by atoms with Crippen molar-refractivity contribution in [3.8, 4) is 5.75 Å². The van der Waals surface area contributed by atoms with Crippen LogP contribution in [0.2, 0.25) is 0 Å². The maximum atomic E-state index is 11.2. The fourth-order valence-corrected chi connectivity index (χ4v) is 4.74. The van der Waals surface area contributed by atoms with Gasteiger partial charge in [-0.15, -0.1) is 0 Å². The minimum atomic E-state index is -2.56. The van der Waals surface area contributed by atoms with E-state index in [0.29, 0.717) is 5.75 Å². The molecule has 4 heteroatoms. The van der Waals surface area contributed by atoms with Gasteiger partial charge in [0.1, 0.15) is 17.1 Å². The third kappa shape index (κ3) is 10.5. The van der Waals surface area contributed by atoms with E-state index >= 15 is 0 Å². The van der Waals surface area contributed by atoms with Gasteiger partial charge >= 0.3 is 0 Å². The average molecular weight is 460 g/mol. The summed E-state index contributed by atoms with van der Waals surface area (Å²) in [4.78, 5) is 0. The lowest BCUT2D eigenvalue weighted by Gasteiger charge is -2.14. The van der Waals surface area contributed by atoms with E-state index in [-0.39, 0.29) is 0 Å². The molecule has 1 atom stereocenters. The number of aryl methyl sites for hydroxylation is 2. The molecule has 0 saturated carbocycles. The molecule has 0 heterocycles. The smallest absolute Gasteiger partial charge is 0.147 e. The van der Waals surface area contributed by atoms with Crippen LogP contribution in [0.1, 0.15) is 115 Å². The number of hydrogen-bond donors (Lipinski definition) is 0. The predicted molar refractivity (Wildman–Crippen MR) is 137 cm³/mol. The Balaban J connectivity index is 1.96. The monoisotopic (exact) mass is 459 g/mol. The molecule has 0 aliphatic rings. The van der Waals surface area contributed by atoms with Crippen LogP contribution >= 0.6 is 0 Å². The second-order valence-corrected chi connectivity index (χ2v) is 9.75. The van der Waals surface area contributed by atoms with E-state index in [4.69, 9.17) is 4.18 Å².